The van der Waals surface area contributed by atoms with Crippen LogP contribution in [-0.4, -0.2) is 31.3 Å². The van der Waals surface area contributed by atoms with Gasteiger partial charge in [0.15, 0.2) is 0 Å². The molecule has 0 aromatic carbocycles. The van der Waals surface area contributed by atoms with Crippen molar-refractivity contribution in [3.63, 3.8) is 0 Å². The number of hydrogen-bond donors (Lipinski definition) is 2. The average molecular weight is 226 g/mol. The van der Waals surface area contributed by atoms with E-state index in [9.17, 15) is 4.79 Å². The summed E-state index contributed by atoms with van der Waals surface area (Å²) in [4.78, 5) is 11.3. The van der Waals surface area contributed by atoms with Crippen LogP contribution in [0, 0.1) is 0 Å². The van der Waals surface area contributed by atoms with Crippen molar-refractivity contribution in [3.8, 4) is 0 Å². The van der Waals surface area contributed by atoms with Crippen molar-refractivity contribution < 1.29 is 9.53 Å². The minimum absolute atomic E-state index is 0.236. The second kappa shape index (κ2) is 6.09. The number of rotatable bonds is 4. The van der Waals surface area contributed by atoms with E-state index in [4.69, 9.17) is 4.74 Å². The molecule has 16 heavy (non-hydrogen) atoms. The first-order valence-electron chi connectivity index (χ1n) is 6.51. The maximum absolute atomic E-state index is 11.3. The maximum atomic E-state index is 11.3. The molecule has 1 atom stereocenters. The third-order valence-corrected chi connectivity index (χ3v) is 3.54. The Morgan fingerprint density at radius 2 is 2.12 bits per heavy atom. The summed E-state index contributed by atoms with van der Waals surface area (Å²) in [7, 11) is 0. The first-order valence-corrected chi connectivity index (χ1v) is 6.51. The zero-order chi connectivity index (χ0) is 11.2. The van der Waals surface area contributed by atoms with E-state index >= 15 is 0 Å². The van der Waals surface area contributed by atoms with Crippen LogP contribution in [-0.2, 0) is 4.74 Å². The highest BCUT2D eigenvalue weighted by molar-refractivity contribution is 5.67. The van der Waals surface area contributed by atoms with Gasteiger partial charge in [-0.05, 0) is 45.1 Å². The number of piperidine rings is 1. The van der Waals surface area contributed by atoms with Gasteiger partial charge < -0.3 is 15.4 Å². The number of amides is 1. The maximum Gasteiger partial charge on any atom is 0.407 e. The molecule has 92 valence electrons. The molecule has 2 rings (SSSR count). The lowest BCUT2D eigenvalue weighted by molar-refractivity contribution is 0.130. The predicted molar refractivity (Wildman–Crippen MR) is 62.4 cm³/mol. The van der Waals surface area contributed by atoms with Gasteiger partial charge in [-0.25, -0.2) is 4.79 Å². The van der Waals surface area contributed by atoms with Gasteiger partial charge in [0.2, 0.25) is 0 Å². The van der Waals surface area contributed by atoms with E-state index in [-0.39, 0.29) is 6.09 Å². The van der Waals surface area contributed by atoms with Crippen molar-refractivity contribution in [1.82, 2.24) is 10.6 Å². The summed E-state index contributed by atoms with van der Waals surface area (Å²) in [5.41, 5.74) is 0. The van der Waals surface area contributed by atoms with Crippen LogP contribution in [0.15, 0.2) is 0 Å². The summed E-state index contributed by atoms with van der Waals surface area (Å²) < 4.78 is 5.16. The molecule has 1 aliphatic carbocycles. The third-order valence-electron chi connectivity index (χ3n) is 3.54. The van der Waals surface area contributed by atoms with Gasteiger partial charge in [-0.3, -0.25) is 0 Å². The lowest BCUT2D eigenvalue weighted by Crippen LogP contribution is -2.40. The molecule has 1 unspecified atom stereocenters. The predicted octanol–water partition coefficient (Wildman–Crippen LogP) is 1.80. The first-order chi connectivity index (χ1) is 7.84. The van der Waals surface area contributed by atoms with Crippen LogP contribution in [0.25, 0.3) is 0 Å². The summed E-state index contributed by atoms with van der Waals surface area (Å²) in [6.07, 6.45) is 7.95. The van der Waals surface area contributed by atoms with Crippen molar-refractivity contribution in [1.29, 1.82) is 0 Å². The smallest absolute Gasteiger partial charge is 0.407 e. The molecule has 1 saturated heterocycles. The van der Waals surface area contributed by atoms with Gasteiger partial charge in [0.1, 0.15) is 0 Å². The van der Waals surface area contributed by atoms with Gasteiger partial charge >= 0.3 is 6.09 Å². The van der Waals surface area contributed by atoms with Gasteiger partial charge in [0.05, 0.1) is 6.61 Å². The molecule has 4 heteroatoms. The van der Waals surface area contributed by atoms with E-state index in [0.717, 1.165) is 25.8 Å². The highest BCUT2D eigenvalue weighted by Gasteiger charge is 2.20. The molecule has 0 aromatic heterocycles. The SMILES string of the molecule is O=C(NC1CCC1)OCCC1CCCCN1. The fourth-order valence-corrected chi connectivity index (χ4v) is 2.23. The number of alkyl carbamates (subject to hydrolysis) is 1. The molecule has 0 radical (unpaired) electrons. The van der Waals surface area contributed by atoms with Crippen molar-refractivity contribution in [2.24, 2.45) is 0 Å². The Balaban J connectivity index is 1.51. The zero-order valence-corrected chi connectivity index (χ0v) is 9.84. The molecule has 1 amide bonds. The van der Waals surface area contributed by atoms with Crippen molar-refractivity contribution in [2.45, 2.75) is 57.0 Å². The van der Waals surface area contributed by atoms with Gasteiger partial charge in [-0.15, -0.1) is 0 Å². The monoisotopic (exact) mass is 226 g/mol. The minimum Gasteiger partial charge on any atom is -0.449 e. The lowest BCUT2D eigenvalue weighted by Gasteiger charge is -2.26. The molecular formula is C12H22N2O2. The van der Waals surface area contributed by atoms with E-state index in [1.54, 1.807) is 0 Å². The number of nitrogens with one attached hydrogen (secondary N) is 2. The summed E-state index contributed by atoms with van der Waals surface area (Å²) in [6, 6.07) is 0.922. The molecular weight excluding hydrogens is 204 g/mol. The van der Waals surface area contributed by atoms with E-state index in [0.29, 0.717) is 18.7 Å². The fourth-order valence-electron chi connectivity index (χ4n) is 2.23. The van der Waals surface area contributed by atoms with Crippen LogP contribution < -0.4 is 10.6 Å². The Kier molecular flexibility index (Phi) is 4.45. The van der Waals surface area contributed by atoms with Crippen LogP contribution in [0.3, 0.4) is 0 Å². The van der Waals surface area contributed by atoms with E-state index in [1.807, 2.05) is 0 Å². The van der Waals surface area contributed by atoms with E-state index < -0.39 is 0 Å². The zero-order valence-electron chi connectivity index (χ0n) is 9.84. The Hall–Kier alpha value is -0.770. The lowest BCUT2D eigenvalue weighted by atomic mass is 9.93. The van der Waals surface area contributed by atoms with Crippen LogP contribution in [0.2, 0.25) is 0 Å². The topological polar surface area (TPSA) is 50.4 Å². The van der Waals surface area contributed by atoms with Crippen LogP contribution in [0.1, 0.15) is 44.9 Å². The van der Waals surface area contributed by atoms with Crippen LogP contribution in [0.5, 0.6) is 0 Å². The molecule has 1 aliphatic heterocycles. The molecule has 1 heterocycles. The van der Waals surface area contributed by atoms with Gasteiger partial charge in [0.25, 0.3) is 0 Å². The van der Waals surface area contributed by atoms with Gasteiger partial charge in [-0.2, -0.15) is 0 Å². The summed E-state index contributed by atoms with van der Waals surface area (Å²) in [5, 5.41) is 6.32. The first kappa shape index (κ1) is 11.7. The molecule has 0 bridgehead atoms. The molecule has 2 N–H and O–H groups in total. The normalized spacial score (nSPS) is 25.9. The average Bonchev–Trinajstić information content (AvgIpc) is 2.25. The molecule has 2 aliphatic rings. The highest BCUT2D eigenvalue weighted by atomic mass is 16.5. The Bertz CT molecular complexity index is 223. The Morgan fingerprint density at radius 3 is 2.75 bits per heavy atom. The highest BCUT2D eigenvalue weighted by Crippen LogP contribution is 2.18. The summed E-state index contributed by atoms with van der Waals surface area (Å²) >= 11 is 0. The second-order valence-electron chi connectivity index (χ2n) is 4.84. The molecule has 0 spiro atoms. The van der Waals surface area contributed by atoms with Crippen LogP contribution >= 0.6 is 0 Å². The fraction of sp³-hybridized carbons (Fsp3) is 0.917. The number of ether oxygens (including phenoxy) is 1. The second-order valence-corrected chi connectivity index (χ2v) is 4.84. The van der Waals surface area contributed by atoms with Crippen molar-refractivity contribution >= 4 is 6.09 Å². The number of carbonyl (C=O) groups excluding carboxylic acids is 1. The van der Waals surface area contributed by atoms with Crippen molar-refractivity contribution in [3.05, 3.63) is 0 Å². The Labute approximate surface area is 97.1 Å². The number of carbonyl (C=O) groups is 1. The van der Waals surface area contributed by atoms with E-state index in [2.05, 4.69) is 10.6 Å². The van der Waals surface area contributed by atoms with Crippen molar-refractivity contribution in [2.75, 3.05) is 13.2 Å². The van der Waals surface area contributed by atoms with Crippen LogP contribution in [0.4, 0.5) is 4.79 Å². The Morgan fingerprint density at radius 1 is 1.25 bits per heavy atom. The molecule has 2 fully saturated rings. The largest absolute Gasteiger partial charge is 0.449 e. The third kappa shape index (κ3) is 3.67. The molecule has 4 nitrogen and oxygen atoms in total. The minimum atomic E-state index is -0.236. The molecule has 0 aromatic rings. The van der Waals surface area contributed by atoms with Gasteiger partial charge in [0, 0.05) is 12.1 Å². The van der Waals surface area contributed by atoms with E-state index in [1.165, 1.54) is 25.7 Å². The number of hydrogen-bond acceptors (Lipinski definition) is 3. The van der Waals surface area contributed by atoms with Gasteiger partial charge in [-0.1, -0.05) is 6.42 Å². The summed E-state index contributed by atoms with van der Waals surface area (Å²) in [6.45, 7) is 1.65. The standard InChI is InChI=1S/C12H22N2O2/c15-12(14-11-5-3-6-11)16-9-7-10-4-1-2-8-13-10/h10-11,13H,1-9H2,(H,14,15). The summed E-state index contributed by atoms with van der Waals surface area (Å²) in [5.74, 6) is 0. The molecule has 1 saturated carbocycles. The quantitative estimate of drug-likeness (QED) is 0.768.